The van der Waals surface area contributed by atoms with Crippen molar-refractivity contribution in [2.75, 3.05) is 18.1 Å². The average molecular weight is 553 g/mol. The lowest BCUT2D eigenvalue weighted by atomic mass is 10.1. The van der Waals surface area contributed by atoms with Crippen LogP contribution in [0.5, 0.6) is 0 Å². The number of aliphatic carboxylic acids is 2. The number of carbonyl (C=O) groups is 2. The summed E-state index contributed by atoms with van der Waals surface area (Å²) < 4.78 is -1.67. The molecule has 0 saturated heterocycles. The zero-order chi connectivity index (χ0) is 27.3. The fraction of sp³-hybridized carbons (Fsp3) is 0.929. The van der Waals surface area contributed by atoms with Crippen molar-refractivity contribution in [1.82, 2.24) is 0 Å². The van der Waals surface area contributed by atoms with Crippen molar-refractivity contribution in [3.63, 3.8) is 0 Å². The van der Waals surface area contributed by atoms with Gasteiger partial charge in [0.1, 0.15) is 6.61 Å². The van der Waals surface area contributed by atoms with E-state index in [0.717, 1.165) is 37.2 Å². The molecular formula is C28H56O6S2. The van der Waals surface area contributed by atoms with Gasteiger partial charge in [-0.2, -0.15) is 0 Å². The number of carboxylic acids is 2. The second-order valence-corrected chi connectivity index (χ2v) is 12.3. The Hall–Kier alpha value is -0.440. The third kappa shape index (κ3) is 28.1. The van der Waals surface area contributed by atoms with Crippen LogP contribution in [-0.2, 0) is 9.59 Å². The van der Waals surface area contributed by atoms with E-state index in [4.69, 9.17) is 15.0 Å². The Labute approximate surface area is 229 Å². The lowest BCUT2D eigenvalue weighted by Crippen LogP contribution is -2.31. The number of thioether (sulfide) groups is 2. The Kier molecular flexibility index (Phi) is 30.5. The number of rotatable bonds is 26. The first kappa shape index (κ1) is 37.7. The Morgan fingerprint density at radius 3 is 1.03 bits per heavy atom. The van der Waals surface area contributed by atoms with Crippen LogP contribution in [0, 0.1) is 0 Å². The summed E-state index contributed by atoms with van der Waals surface area (Å²) in [7, 11) is 0. The van der Waals surface area contributed by atoms with Crippen molar-refractivity contribution in [3.8, 4) is 0 Å². The van der Waals surface area contributed by atoms with Crippen LogP contribution in [0.2, 0.25) is 0 Å². The minimum atomic E-state index is -1.67. The molecule has 0 amide bonds. The van der Waals surface area contributed by atoms with Crippen molar-refractivity contribution in [2.45, 2.75) is 147 Å². The van der Waals surface area contributed by atoms with E-state index >= 15 is 0 Å². The summed E-state index contributed by atoms with van der Waals surface area (Å²) in [6, 6.07) is 0. The highest BCUT2D eigenvalue weighted by Gasteiger charge is 2.36. The molecule has 0 fully saturated rings. The minimum absolute atomic E-state index is 0.727. The molecule has 4 N–H and O–H groups in total. The summed E-state index contributed by atoms with van der Waals surface area (Å²) in [6.45, 7) is 3.72. The Balaban J connectivity index is 0. The lowest BCUT2D eigenvalue weighted by molar-refractivity contribution is -0.144. The summed E-state index contributed by atoms with van der Waals surface area (Å²) in [6.07, 6.45) is 25.5. The molecule has 216 valence electrons. The molecule has 0 atom stereocenters. The van der Waals surface area contributed by atoms with Crippen LogP contribution in [0.15, 0.2) is 0 Å². The van der Waals surface area contributed by atoms with Crippen molar-refractivity contribution in [3.05, 3.63) is 0 Å². The van der Waals surface area contributed by atoms with E-state index in [2.05, 4.69) is 13.8 Å². The van der Waals surface area contributed by atoms with Crippen LogP contribution in [0.3, 0.4) is 0 Å². The molecule has 0 spiro atoms. The largest absolute Gasteiger partial charge is 0.480 e. The van der Waals surface area contributed by atoms with Crippen LogP contribution in [0.1, 0.15) is 142 Å². The van der Waals surface area contributed by atoms with Crippen molar-refractivity contribution in [2.24, 2.45) is 0 Å². The summed E-state index contributed by atoms with van der Waals surface area (Å²) in [5.41, 5.74) is 0. The van der Waals surface area contributed by atoms with Crippen LogP contribution in [0.4, 0.5) is 0 Å². The molecule has 0 saturated carbocycles. The molecule has 0 bridgehead atoms. The number of carboxylic acid groups (broad SMARTS) is 2. The molecule has 0 heterocycles. The predicted octanol–water partition coefficient (Wildman–Crippen LogP) is 8.09. The fourth-order valence-corrected chi connectivity index (χ4v) is 6.10. The van der Waals surface area contributed by atoms with Crippen molar-refractivity contribution in [1.29, 1.82) is 0 Å². The maximum absolute atomic E-state index is 11.6. The molecule has 0 aromatic heterocycles. The fourth-order valence-electron chi connectivity index (χ4n) is 3.77. The number of aliphatic hydroxyl groups excluding tert-OH is 1. The van der Waals surface area contributed by atoms with Crippen molar-refractivity contribution < 1.29 is 30.0 Å². The molecule has 0 unspecified atom stereocenters. The van der Waals surface area contributed by atoms with Gasteiger partial charge in [-0.05, 0) is 24.3 Å². The van der Waals surface area contributed by atoms with E-state index in [1.165, 1.54) is 126 Å². The molecule has 0 aliphatic rings. The highest BCUT2D eigenvalue weighted by atomic mass is 32.2. The molecule has 0 aliphatic heterocycles. The summed E-state index contributed by atoms with van der Waals surface area (Å²) in [4.78, 5) is 20.7. The van der Waals surface area contributed by atoms with Crippen LogP contribution in [-0.4, -0.2) is 54.7 Å². The number of unbranched alkanes of at least 4 members (excludes halogenated alkanes) is 18. The van der Waals surface area contributed by atoms with E-state index in [9.17, 15) is 15.0 Å². The average Bonchev–Trinajstić information content (AvgIpc) is 2.86. The third-order valence-electron chi connectivity index (χ3n) is 6.00. The second kappa shape index (κ2) is 29.1. The molecule has 6 nitrogen and oxygen atoms in total. The Bertz CT molecular complexity index is 465. The maximum atomic E-state index is 11.6. The van der Waals surface area contributed by atoms with E-state index in [-0.39, 0.29) is 0 Å². The molecule has 0 radical (unpaired) electrons. The highest BCUT2D eigenvalue weighted by molar-refractivity contribution is 8.19. The smallest absolute Gasteiger partial charge is 0.357 e. The van der Waals surface area contributed by atoms with Gasteiger partial charge < -0.3 is 20.4 Å². The predicted molar refractivity (Wildman–Crippen MR) is 156 cm³/mol. The van der Waals surface area contributed by atoms with Gasteiger partial charge >= 0.3 is 11.9 Å². The normalized spacial score (nSPS) is 11.2. The molecule has 0 aromatic carbocycles. The SMILES string of the molecule is CCCCCCCCCCCCSC(O)(SCCCCCCCCCCCC)C(=O)O.O=C(O)CO. The van der Waals surface area contributed by atoms with Gasteiger partial charge in [-0.3, -0.25) is 0 Å². The van der Waals surface area contributed by atoms with Gasteiger partial charge in [0.15, 0.2) is 0 Å². The van der Waals surface area contributed by atoms with E-state index in [1.807, 2.05) is 0 Å². The first-order valence-electron chi connectivity index (χ1n) is 14.4. The molecule has 36 heavy (non-hydrogen) atoms. The molecule has 0 aliphatic carbocycles. The van der Waals surface area contributed by atoms with Gasteiger partial charge in [0, 0.05) is 0 Å². The summed E-state index contributed by atoms with van der Waals surface area (Å²) >= 11 is 2.42. The molecular weight excluding hydrogens is 496 g/mol. The van der Waals surface area contributed by atoms with Crippen molar-refractivity contribution >= 4 is 35.5 Å². The minimum Gasteiger partial charge on any atom is -0.480 e. The van der Waals surface area contributed by atoms with Gasteiger partial charge in [0.05, 0.1) is 0 Å². The topological polar surface area (TPSA) is 115 Å². The molecule has 0 rings (SSSR count). The van der Waals surface area contributed by atoms with Crippen LogP contribution >= 0.6 is 23.5 Å². The lowest BCUT2D eigenvalue weighted by Gasteiger charge is -2.22. The molecule has 8 heteroatoms. The van der Waals surface area contributed by atoms with Crippen LogP contribution < -0.4 is 0 Å². The summed E-state index contributed by atoms with van der Waals surface area (Å²) in [5, 5.41) is 35.0. The number of hydrogen-bond donors (Lipinski definition) is 4. The first-order valence-corrected chi connectivity index (χ1v) is 16.4. The zero-order valence-corrected chi connectivity index (χ0v) is 24.8. The number of hydrogen-bond acceptors (Lipinski definition) is 6. The quantitative estimate of drug-likeness (QED) is 0.0628. The second-order valence-electron chi connectivity index (χ2n) is 9.50. The van der Waals surface area contributed by atoms with Gasteiger partial charge in [-0.15, -0.1) is 23.5 Å². The van der Waals surface area contributed by atoms with E-state index < -0.39 is 22.8 Å². The zero-order valence-electron chi connectivity index (χ0n) is 23.2. The van der Waals surface area contributed by atoms with Gasteiger partial charge in [-0.25, -0.2) is 9.59 Å². The maximum Gasteiger partial charge on any atom is 0.357 e. The van der Waals surface area contributed by atoms with Gasteiger partial charge in [0.2, 0.25) is 0 Å². The van der Waals surface area contributed by atoms with Gasteiger partial charge in [0.25, 0.3) is 4.27 Å². The standard InChI is InChI=1S/C26H52O3S2.C2H4O3/c1-3-5-7-9-11-13-15-17-19-21-23-30-26(29,25(27)28)31-24-22-20-18-16-14-12-10-8-6-4-2;3-1-2(4)5/h29H,3-24H2,1-2H3,(H,27,28);3H,1H2,(H,4,5). The Morgan fingerprint density at radius 2 is 0.806 bits per heavy atom. The number of aliphatic hydroxyl groups is 2. The summed E-state index contributed by atoms with van der Waals surface area (Å²) in [5.74, 6) is -0.832. The first-order chi connectivity index (χ1) is 17.3. The van der Waals surface area contributed by atoms with E-state index in [1.54, 1.807) is 0 Å². The van der Waals surface area contributed by atoms with Gasteiger partial charge in [-0.1, -0.05) is 129 Å². The monoisotopic (exact) mass is 552 g/mol. The van der Waals surface area contributed by atoms with E-state index in [0.29, 0.717) is 0 Å². The third-order valence-corrected chi connectivity index (χ3v) is 8.82. The van der Waals surface area contributed by atoms with Crippen LogP contribution in [0.25, 0.3) is 0 Å². The highest BCUT2D eigenvalue weighted by Crippen LogP contribution is 2.36. The Morgan fingerprint density at radius 1 is 0.556 bits per heavy atom. The molecule has 0 aromatic rings.